The van der Waals surface area contributed by atoms with Gasteiger partial charge in [0, 0.05) is 20.3 Å². The van der Waals surface area contributed by atoms with Gasteiger partial charge in [-0.2, -0.15) is 0 Å². The molecule has 6 nitrogen and oxygen atoms in total. The van der Waals surface area contributed by atoms with Crippen molar-refractivity contribution in [2.24, 2.45) is 0 Å². The fourth-order valence-corrected chi connectivity index (χ4v) is 1.79. The Morgan fingerprint density at radius 2 is 2.30 bits per heavy atom. The van der Waals surface area contributed by atoms with Crippen molar-refractivity contribution in [2.45, 2.75) is 6.54 Å². The van der Waals surface area contributed by atoms with E-state index in [1.165, 1.54) is 13.4 Å². The number of hydrogen-bond acceptors (Lipinski definition) is 6. The van der Waals surface area contributed by atoms with Crippen LogP contribution in [0.1, 0.15) is 16.1 Å². The second-order valence-corrected chi connectivity index (χ2v) is 4.43. The molecule has 2 heterocycles. The summed E-state index contributed by atoms with van der Waals surface area (Å²) in [6.45, 7) is 0.462. The molecule has 0 fully saturated rings. The van der Waals surface area contributed by atoms with Gasteiger partial charge in [0.1, 0.15) is 12.0 Å². The zero-order valence-corrected chi connectivity index (χ0v) is 11.7. The molecular weight excluding hydrogens is 258 g/mol. The first-order valence-electron chi connectivity index (χ1n) is 6.12. The van der Waals surface area contributed by atoms with Gasteiger partial charge in [0.2, 0.25) is 0 Å². The van der Waals surface area contributed by atoms with Gasteiger partial charge in [0.25, 0.3) is 0 Å². The number of furan rings is 1. The van der Waals surface area contributed by atoms with Crippen molar-refractivity contribution in [1.29, 1.82) is 0 Å². The third-order valence-electron chi connectivity index (χ3n) is 2.81. The Bertz CT molecular complexity index is 593. The van der Waals surface area contributed by atoms with Crippen molar-refractivity contribution in [1.82, 2.24) is 4.98 Å². The Hall–Kier alpha value is -2.50. The van der Waals surface area contributed by atoms with Crippen LogP contribution in [0.25, 0.3) is 0 Å². The first kappa shape index (κ1) is 13.9. The van der Waals surface area contributed by atoms with Crippen LogP contribution in [0.15, 0.2) is 35.2 Å². The van der Waals surface area contributed by atoms with Crippen molar-refractivity contribution >= 4 is 17.3 Å². The Morgan fingerprint density at radius 1 is 1.50 bits per heavy atom. The molecule has 0 bridgehead atoms. The van der Waals surface area contributed by atoms with E-state index >= 15 is 0 Å². The van der Waals surface area contributed by atoms with Crippen LogP contribution in [0.3, 0.4) is 0 Å². The molecule has 2 aromatic heterocycles. The number of hydrogen-bond donors (Lipinski definition) is 1. The van der Waals surface area contributed by atoms with Crippen molar-refractivity contribution in [3.05, 3.63) is 42.1 Å². The van der Waals surface area contributed by atoms with Crippen LogP contribution in [-0.2, 0) is 11.3 Å². The third kappa shape index (κ3) is 3.09. The van der Waals surface area contributed by atoms with Gasteiger partial charge in [-0.05, 0) is 12.1 Å². The molecule has 0 saturated carbocycles. The van der Waals surface area contributed by atoms with Crippen LogP contribution < -0.4 is 10.2 Å². The molecule has 0 aliphatic carbocycles. The third-order valence-corrected chi connectivity index (χ3v) is 2.81. The molecule has 0 unspecified atom stereocenters. The summed E-state index contributed by atoms with van der Waals surface area (Å²) in [4.78, 5) is 17.4. The minimum absolute atomic E-state index is 0.406. The van der Waals surface area contributed by atoms with Gasteiger partial charge >= 0.3 is 5.97 Å². The highest BCUT2D eigenvalue weighted by molar-refractivity contribution is 5.89. The normalized spacial score (nSPS) is 10.2. The smallest absolute Gasteiger partial charge is 0.341 e. The van der Waals surface area contributed by atoms with Gasteiger partial charge in [-0.25, -0.2) is 4.79 Å². The minimum atomic E-state index is -0.407. The largest absolute Gasteiger partial charge is 0.467 e. The van der Waals surface area contributed by atoms with Crippen LogP contribution >= 0.6 is 0 Å². The van der Waals surface area contributed by atoms with E-state index in [-0.39, 0.29) is 0 Å². The maximum atomic E-state index is 11.3. The SMILES string of the molecule is COC(=O)c1coc(CNc2cnccc2N(C)C)c1. The molecule has 0 aliphatic rings. The topological polar surface area (TPSA) is 67.6 Å². The number of carbonyl (C=O) groups excluding carboxylic acids is 1. The summed E-state index contributed by atoms with van der Waals surface area (Å²) in [5.74, 6) is 0.245. The van der Waals surface area contributed by atoms with E-state index in [1.807, 2.05) is 25.1 Å². The number of ether oxygens (including phenoxy) is 1. The fraction of sp³-hybridized carbons (Fsp3) is 0.286. The number of esters is 1. The molecule has 0 saturated heterocycles. The molecule has 20 heavy (non-hydrogen) atoms. The summed E-state index contributed by atoms with van der Waals surface area (Å²) >= 11 is 0. The molecule has 0 radical (unpaired) electrons. The molecule has 2 rings (SSSR count). The van der Waals surface area contributed by atoms with Gasteiger partial charge in [-0.3, -0.25) is 4.98 Å². The predicted molar refractivity (Wildman–Crippen MR) is 75.9 cm³/mol. The summed E-state index contributed by atoms with van der Waals surface area (Å²) in [6.07, 6.45) is 4.88. The molecule has 1 N–H and O–H groups in total. The van der Waals surface area contributed by atoms with Crippen molar-refractivity contribution < 1.29 is 13.9 Å². The summed E-state index contributed by atoms with van der Waals surface area (Å²) in [5, 5.41) is 3.23. The van der Waals surface area contributed by atoms with Gasteiger partial charge in [-0.15, -0.1) is 0 Å². The van der Waals surface area contributed by atoms with E-state index in [9.17, 15) is 4.79 Å². The average molecular weight is 275 g/mol. The Labute approximate surface area is 117 Å². The quantitative estimate of drug-likeness (QED) is 0.843. The standard InChI is InChI=1S/C14H17N3O3/c1-17(2)13-4-5-15-8-12(13)16-7-11-6-10(9-20-11)14(18)19-3/h4-6,8-9,16H,7H2,1-3H3. The lowest BCUT2D eigenvalue weighted by molar-refractivity contribution is 0.0600. The number of carbonyl (C=O) groups is 1. The fourth-order valence-electron chi connectivity index (χ4n) is 1.79. The molecule has 0 aliphatic heterocycles. The van der Waals surface area contributed by atoms with Gasteiger partial charge < -0.3 is 19.4 Å². The number of methoxy groups -OCH3 is 1. The number of nitrogens with zero attached hydrogens (tertiary/aromatic N) is 2. The number of pyridine rings is 1. The Morgan fingerprint density at radius 3 is 3.00 bits per heavy atom. The second kappa shape index (κ2) is 6.10. The maximum absolute atomic E-state index is 11.3. The van der Waals surface area contributed by atoms with Crippen molar-refractivity contribution in [3.63, 3.8) is 0 Å². The first-order valence-corrected chi connectivity index (χ1v) is 6.12. The Kier molecular flexibility index (Phi) is 4.24. The number of anilines is 2. The zero-order valence-electron chi connectivity index (χ0n) is 11.7. The number of aromatic nitrogens is 1. The van der Waals surface area contributed by atoms with Gasteiger partial charge in [0.15, 0.2) is 0 Å². The number of rotatable bonds is 5. The first-order chi connectivity index (χ1) is 9.61. The molecule has 6 heteroatoms. The van der Waals surface area contributed by atoms with Crippen LogP contribution in [0, 0.1) is 0 Å². The highest BCUT2D eigenvalue weighted by atomic mass is 16.5. The average Bonchev–Trinajstić information content (AvgIpc) is 2.93. The highest BCUT2D eigenvalue weighted by Crippen LogP contribution is 2.23. The summed E-state index contributed by atoms with van der Waals surface area (Å²) in [6, 6.07) is 3.58. The van der Waals surface area contributed by atoms with Crippen molar-refractivity contribution in [2.75, 3.05) is 31.4 Å². The minimum Gasteiger partial charge on any atom is -0.467 e. The lowest BCUT2D eigenvalue weighted by atomic mass is 10.3. The predicted octanol–water partition coefficient (Wildman–Crippen LogP) is 2.14. The van der Waals surface area contributed by atoms with E-state index in [4.69, 9.17) is 4.42 Å². The maximum Gasteiger partial charge on any atom is 0.341 e. The van der Waals surface area contributed by atoms with Crippen LogP contribution in [0.4, 0.5) is 11.4 Å². The number of nitrogens with one attached hydrogen (secondary N) is 1. The lowest BCUT2D eigenvalue weighted by Crippen LogP contribution is -2.12. The molecule has 0 atom stereocenters. The summed E-state index contributed by atoms with van der Waals surface area (Å²) < 4.78 is 9.94. The monoisotopic (exact) mass is 275 g/mol. The lowest BCUT2D eigenvalue weighted by Gasteiger charge is -2.17. The molecule has 0 amide bonds. The molecule has 106 valence electrons. The Balaban J connectivity index is 2.06. The summed E-state index contributed by atoms with van der Waals surface area (Å²) in [7, 11) is 5.26. The van der Waals surface area contributed by atoms with Gasteiger partial charge in [-0.1, -0.05) is 0 Å². The van der Waals surface area contributed by atoms with Crippen LogP contribution in [-0.4, -0.2) is 32.2 Å². The van der Waals surface area contributed by atoms with Crippen LogP contribution in [0.5, 0.6) is 0 Å². The molecule has 0 aromatic carbocycles. The van der Waals surface area contributed by atoms with E-state index in [0.717, 1.165) is 11.4 Å². The van der Waals surface area contributed by atoms with Gasteiger partial charge in [0.05, 0.1) is 36.8 Å². The van der Waals surface area contributed by atoms with E-state index in [0.29, 0.717) is 17.9 Å². The zero-order chi connectivity index (χ0) is 14.5. The summed E-state index contributed by atoms with van der Waals surface area (Å²) in [5.41, 5.74) is 2.33. The van der Waals surface area contributed by atoms with E-state index in [2.05, 4.69) is 15.0 Å². The highest BCUT2D eigenvalue weighted by Gasteiger charge is 2.10. The molecular formula is C14H17N3O3. The second-order valence-electron chi connectivity index (χ2n) is 4.43. The van der Waals surface area contributed by atoms with E-state index in [1.54, 1.807) is 18.5 Å². The van der Waals surface area contributed by atoms with E-state index < -0.39 is 5.97 Å². The van der Waals surface area contributed by atoms with Crippen molar-refractivity contribution in [3.8, 4) is 0 Å². The molecule has 0 spiro atoms. The van der Waals surface area contributed by atoms with Crippen LogP contribution in [0.2, 0.25) is 0 Å². The molecule has 2 aromatic rings.